The molecule has 1 heterocycles. The number of aromatic nitrogens is 2. The fourth-order valence-corrected chi connectivity index (χ4v) is 3.04. The molecule has 2 aromatic carbocycles. The number of fused-ring (bicyclic) bond motifs is 1. The quantitative estimate of drug-likeness (QED) is 0.488. The Balaban J connectivity index is 1.89. The van der Waals surface area contributed by atoms with Crippen LogP contribution in [0, 0.1) is 0 Å². The molecule has 3 aromatic rings. The van der Waals surface area contributed by atoms with Crippen LogP contribution < -0.4 is 5.56 Å². The van der Waals surface area contributed by atoms with Gasteiger partial charge in [-0.2, -0.15) is 5.10 Å². The molecule has 29 heavy (non-hydrogen) atoms. The highest BCUT2D eigenvalue weighted by molar-refractivity contribution is 6.05. The highest BCUT2D eigenvalue weighted by Gasteiger charge is 2.24. The second-order valence-corrected chi connectivity index (χ2v) is 6.61. The van der Waals surface area contributed by atoms with Crippen molar-refractivity contribution >= 4 is 22.5 Å². The maximum atomic E-state index is 12.8. The van der Waals surface area contributed by atoms with E-state index in [2.05, 4.69) is 5.10 Å². The highest BCUT2D eigenvalue weighted by Crippen LogP contribution is 2.16. The van der Waals surface area contributed by atoms with Gasteiger partial charge < -0.3 is 9.84 Å². The lowest BCUT2D eigenvalue weighted by molar-refractivity contribution is 0.0312. The molecule has 0 aliphatic heterocycles. The summed E-state index contributed by atoms with van der Waals surface area (Å²) in [5.41, 5.74) is 1.07. The molecule has 7 nitrogen and oxygen atoms in total. The SMILES string of the molecule is CCc1ccc(C(=O)[C@H](C)OC(=O)c2nn(CCO)c(=O)c3ccccc23)cc1. The standard InChI is InChI=1S/C22H22N2O5/c1-3-15-8-10-16(11-9-15)20(26)14(2)29-22(28)19-17-6-4-5-7-18(17)21(27)24(23-19)12-13-25/h4-11,14,25H,3,12-13H2,1-2H3/t14-/m0/s1. The molecule has 0 saturated carbocycles. The number of hydrogen-bond acceptors (Lipinski definition) is 6. The normalized spacial score (nSPS) is 12.0. The van der Waals surface area contributed by atoms with E-state index in [1.54, 1.807) is 36.4 Å². The maximum Gasteiger partial charge on any atom is 0.360 e. The molecule has 0 bridgehead atoms. The van der Waals surface area contributed by atoms with Gasteiger partial charge in [-0.1, -0.05) is 49.4 Å². The molecule has 7 heteroatoms. The summed E-state index contributed by atoms with van der Waals surface area (Å²) in [6.45, 7) is 3.17. The molecule has 0 spiro atoms. The van der Waals surface area contributed by atoms with Gasteiger partial charge >= 0.3 is 5.97 Å². The number of aryl methyl sites for hydroxylation is 1. The molecule has 0 saturated heterocycles. The first-order valence-electron chi connectivity index (χ1n) is 9.41. The second-order valence-electron chi connectivity index (χ2n) is 6.61. The molecule has 1 N–H and O–H groups in total. The van der Waals surface area contributed by atoms with Crippen LogP contribution >= 0.6 is 0 Å². The third-order valence-electron chi connectivity index (χ3n) is 4.67. The Bertz CT molecular complexity index is 1100. The van der Waals surface area contributed by atoms with Gasteiger partial charge in [0.05, 0.1) is 18.5 Å². The van der Waals surface area contributed by atoms with Crippen LogP contribution in [0.25, 0.3) is 10.8 Å². The fraction of sp³-hybridized carbons (Fsp3) is 0.273. The predicted molar refractivity (Wildman–Crippen MR) is 108 cm³/mol. The van der Waals surface area contributed by atoms with Gasteiger partial charge in [-0.05, 0) is 25.0 Å². The van der Waals surface area contributed by atoms with E-state index in [1.807, 2.05) is 19.1 Å². The summed E-state index contributed by atoms with van der Waals surface area (Å²) < 4.78 is 6.38. The van der Waals surface area contributed by atoms with E-state index < -0.39 is 17.6 Å². The van der Waals surface area contributed by atoms with E-state index in [1.165, 1.54) is 6.92 Å². The molecule has 0 amide bonds. The Morgan fingerprint density at radius 3 is 2.38 bits per heavy atom. The first kappa shape index (κ1) is 20.4. The van der Waals surface area contributed by atoms with Gasteiger partial charge in [0.15, 0.2) is 11.8 Å². The van der Waals surface area contributed by atoms with E-state index in [4.69, 9.17) is 9.84 Å². The number of aliphatic hydroxyl groups excluding tert-OH is 1. The molecular formula is C22H22N2O5. The Kier molecular flexibility index (Phi) is 6.19. The topological polar surface area (TPSA) is 98.5 Å². The highest BCUT2D eigenvalue weighted by atomic mass is 16.5. The monoisotopic (exact) mass is 394 g/mol. The molecule has 0 aliphatic rings. The van der Waals surface area contributed by atoms with Gasteiger partial charge in [-0.15, -0.1) is 0 Å². The average Bonchev–Trinajstić information content (AvgIpc) is 2.75. The third kappa shape index (κ3) is 4.25. The number of esters is 1. The lowest BCUT2D eigenvalue weighted by Crippen LogP contribution is -2.30. The number of benzene rings is 2. The molecular weight excluding hydrogens is 372 g/mol. The molecule has 3 rings (SSSR count). The maximum absolute atomic E-state index is 12.8. The van der Waals surface area contributed by atoms with E-state index in [-0.39, 0.29) is 30.0 Å². The third-order valence-corrected chi connectivity index (χ3v) is 4.67. The fourth-order valence-electron chi connectivity index (χ4n) is 3.04. The van der Waals surface area contributed by atoms with Crippen molar-refractivity contribution in [3.63, 3.8) is 0 Å². The second kappa shape index (κ2) is 8.79. The number of ketones is 1. The largest absolute Gasteiger partial charge is 0.449 e. The van der Waals surface area contributed by atoms with Crippen molar-refractivity contribution in [2.45, 2.75) is 32.9 Å². The van der Waals surface area contributed by atoms with Crippen molar-refractivity contribution in [3.05, 3.63) is 75.7 Å². The van der Waals surface area contributed by atoms with Crippen LogP contribution in [-0.4, -0.2) is 39.4 Å². The number of Topliss-reactive ketones (excluding diaryl/α,β-unsaturated/α-hetero) is 1. The van der Waals surface area contributed by atoms with Gasteiger partial charge in [-0.25, -0.2) is 9.48 Å². The van der Waals surface area contributed by atoms with Crippen molar-refractivity contribution in [2.75, 3.05) is 6.61 Å². The molecule has 0 radical (unpaired) electrons. The van der Waals surface area contributed by atoms with Crippen LogP contribution in [0.1, 0.15) is 40.3 Å². The molecule has 1 atom stereocenters. The zero-order valence-electron chi connectivity index (χ0n) is 16.3. The first-order valence-corrected chi connectivity index (χ1v) is 9.41. The Morgan fingerprint density at radius 2 is 1.76 bits per heavy atom. The first-order chi connectivity index (χ1) is 14.0. The van der Waals surface area contributed by atoms with Gasteiger partial charge in [-0.3, -0.25) is 9.59 Å². The summed E-state index contributed by atoms with van der Waals surface area (Å²) in [4.78, 5) is 37.8. The zero-order valence-corrected chi connectivity index (χ0v) is 16.3. The summed E-state index contributed by atoms with van der Waals surface area (Å²) in [7, 11) is 0. The minimum absolute atomic E-state index is 0.0534. The Hall–Kier alpha value is -3.32. The Labute approximate surface area is 167 Å². The number of carbonyl (C=O) groups is 2. The Morgan fingerprint density at radius 1 is 1.10 bits per heavy atom. The summed E-state index contributed by atoms with van der Waals surface area (Å²) in [5, 5.41) is 13.8. The van der Waals surface area contributed by atoms with Crippen molar-refractivity contribution in [3.8, 4) is 0 Å². The van der Waals surface area contributed by atoms with Crippen LogP contribution in [0.4, 0.5) is 0 Å². The van der Waals surface area contributed by atoms with Crippen LogP contribution in [0.5, 0.6) is 0 Å². The van der Waals surface area contributed by atoms with Crippen molar-refractivity contribution in [1.82, 2.24) is 9.78 Å². The number of hydrogen-bond donors (Lipinski definition) is 1. The van der Waals surface area contributed by atoms with E-state index in [0.717, 1.165) is 16.7 Å². The zero-order chi connectivity index (χ0) is 21.0. The number of rotatable bonds is 7. The average molecular weight is 394 g/mol. The summed E-state index contributed by atoms with van der Waals surface area (Å²) in [6.07, 6.45) is -0.157. The van der Waals surface area contributed by atoms with Gasteiger partial charge in [0, 0.05) is 10.9 Å². The van der Waals surface area contributed by atoms with Crippen LogP contribution in [-0.2, 0) is 17.7 Å². The van der Waals surface area contributed by atoms with E-state index >= 15 is 0 Å². The van der Waals surface area contributed by atoms with Crippen molar-refractivity contribution in [1.29, 1.82) is 0 Å². The van der Waals surface area contributed by atoms with E-state index in [9.17, 15) is 14.4 Å². The van der Waals surface area contributed by atoms with E-state index in [0.29, 0.717) is 10.9 Å². The molecule has 0 fully saturated rings. The lowest BCUT2D eigenvalue weighted by Gasteiger charge is -2.14. The van der Waals surface area contributed by atoms with Crippen LogP contribution in [0.15, 0.2) is 53.3 Å². The number of nitrogens with zero attached hydrogens (tertiary/aromatic N) is 2. The minimum Gasteiger partial charge on any atom is -0.449 e. The van der Waals surface area contributed by atoms with Crippen LogP contribution in [0.2, 0.25) is 0 Å². The molecule has 0 aliphatic carbocycles. The van der Waals surface area contributed by atoms with Gasteiger partial charge in [0.1, 0.15) is 0 Å². The van der Waals surface area contributed by atoms with Crippen molar-refractivity contribution in [2.24, 2.45) is 0 Å². The summed E-state index contributed by atoms with van der Waals surface area (Å²) >= 11 is 0. The van der Waals surface area contributed by atoms with Crippen LogP contribution in [0.3, 0.4) is 0 Å². The lowest BCUT2D eigenvalue weighted by atomic mass is 10.0. The number of carbonyl (C=O) groups excluding carboxylic acids is 2. The molecule has 0 unspecified atom stereocenters. The van der Waals surface area contributed by atoms with Gasteiger partial charge in [0.25, 0.3) is 5.56 Å². The number of aliphatic hydroxyl groups is 1. The minimum atomic E-state index is -1.02. The molecule has 1 aromatic heterocycles. The smallest absolute Gasteiger partial charge is 0.360 e. The predicted octanol–water partition coefficient (Wildman–Crippen LogP) is 2.38. The summed E-state index contributed by atoms with van der Waals surface area (Å²) in [5.74, 6) is -1.13. The number of ether oxygens (including phenoxy) is 1. The summed E-state index contributed by atoms with van der Waals surface area (Å²) in [6, 6.07) is 13.7. The van der Waals surface area contributed by atoms with Gasteiger partial charge in [0.2, 0.25) is 5.78 Å². The van der Waals surface area contributed by atoms with Crippen molar-refractivity contribution < 1.29 is 19.4 Å². The molecule has 150 valence electrons.